The van der Waals surface area contributed by atoms with Crippen LogP contribution in [-0.2, 0) is 0 Å². The van der Waals surface area contributed by atoms with Gasteiger partial charge in [0.2, 0.25) is 0 Å². The van der Waals surface area contributed by atoms with Crippen LogP contribution in [0.3, 0.4) is 0 Å². The maximum atomic E-state index is 6.36. The smallest absolute Gasteiger partial charge is 0.131 e. The Bertz CT molecular complexity index is 1120. The van der Waals surface area contributed by atoms with Crippen molar-refractivity contribution in [1.82, 2.24) is 4.90 Å². The van der Waals surface area contributed by atoms with Crippen molar-refractivity contribution < 1.29 is 14.2 Å². The van der Waals surface area contributed by atoms with Crippen LogP contribution in [0.1, 0.15) is 37.0 Å². The standard InChI is InChI=1S/C29H33NO3/c1-29(2)20-26(25-16-15-24(31-5)19-27(25)33-29)28(21-9-7-6-8-10-21)22-11-13-23(14-12-22)32-18-17-30(3)4/h6-16,19H,17-18,20H2,1-5H3/b28-26-. The molecular formula is C29H33NO3. The largest absolute Gasteiger partial charge is 0.497 e. The number of ether oxygens (including phenoxy) is 3. The third-order valence-electron chi connectivity index (χ3n) is 5.82. The van der Waals surface area contributed by atoms with Gasteiger partial charge in [-0.25, -0.2) is 0 Å². The second-order valence-corrected chi connectivity index (χ2v) is 9.30. The Morgan fingerprint density at radius 1 is 0.909 bits per heavy atom. The fourth-order valence-electron chi connectivity index (χ4n) is 4.22. The van der Waals surface area contributed by atoms with E-state index in [0.29, 0.717) is 6.61 Å². The average Bonchev–Trinajstić information content (AvgIpc) is 2.79. The van der Waals surface area contributed by atoms with E-state index in [1.54, 1.807) is 7.11 Å². The molecule has 172 valence electrons. The molecule has 4 heteroatoms. The first-order chi connectivity index (χ1) is 15.9. The first-order valence-corrected chi connectivity index (χ1v) is 11.4. The van der Waals surface area contributed by atoms with Crippen LogP contribution in [0.4, 0.5) is 0 Å². The lowest BCUT2D eigenvalue weighted by molar-refractivity contribution is 0.107. The van der Waals surface area contributed by atoms with Crippen molar-refractivity contribution in [3.63, 3.8) is 0 Å². The third-order valence-corrected chi connectivity index (χ3v) is 5.82. The minimum atomic E-state index is -0.329. The van der Waals surface area contributed by atoms with Crippen molar-refractivity contribution >= 4 is 11.1 Å². The first kappa shape index (κ1) is 22.9. The van der Waals surface area contributed by atoms with Crippen LogP contribution >= 0.6 is 0 Å². The van der Waals surface area contributed by atoms with Crippen LogP contribution in [0.25, 0.3) is 11.1 Å². The maximum Gasteiger partial charge on any atom is 0.131 e. The molecule has 1 aliphatic rings. The Morgan fingerprint density at radius 2 is 1.58 bits per heavy atom. The molecule has 0 bridgehead atoms. The van der Waals surface area contributed by atoms with Gasteiger partial charge in [0.05, 0.1) is 7.11 Å². The number of hydrogen-bond acceptors (Lipinski definition) is 4. The van der Waals surface area contributed by atoms with Crippen molar-refractivity contribution in [2.24, 2.45) is 0 Å². The summed E-state index contributed by atoms with van der Waals surface area (Å²) in [5, 5.41) is 0. The van der Waals surface area contributed by atoms with Crippen molar-refractivity contribution in [1.29, 1.82) is 0 Å². The topological polar surface area (TPSA) is 30.9 Å². The summed E-state index contributed by atoms with van der Waals surface area (Å²) in [6.07, 6.45) is 0.803. The van der Waals surface area contributed by atoms with E-state index in [1.807, 2.05) is 26.2 Å². The van der Waals surface area contributed by atoms with E-state index in [1.165, 1.54) is 16.7 Å². The van der Waals surface area contributed by atoms with Gasteiger partial charge in [0.1, 0.15) is 29.5 Å². The molecular weight excluding hydrogens is 410 g/mol. The van der Waals surface area contributed by atoms with Gasteiger partial charge in [0.25, 0.3) is 0 Å². The van der Waals surface area contributed by atoms with E-state index >= 15 is 0 Å². The normalized spacial score (nSPS) is 16.1. The Hall–Kier alpha value is -3.24. The third kappa shape index (κ3) is 5.40. The molecule has 3 aromatic carbocycles. The zero-order valence-electron chi connectivity index (χ0n) is 20.2. The molecule has 0 spiro atoms. The lowest BCUT2D eigenvalue weighted by Crippen LogP contribution is -2.32. The highest BCUT2D eigenvalue weighted by Crippen LogP contribution is 2.46. The molecule has 0 saturated carbocycles. The van der Waals surface area contributed by atoms with E-state index in [2.05, 4.69) is 79.4 Å². The maximum absolute atomic E-state index is 6.36. The van der Waals surface area contributed by atoms with Gasteiger partial charge in [0, 0.05) is 24.6 Å². The van der Waals surface area contributed by atoms with E-state index in [9.17, 15) is 0 Å². The van der Waals surface area contributed by atoms with Gasteiger partial charge in [-0.1, -0.05) is 42.5 Å². The summed E-state index contributed by atoms with van der Waals surface area (Å²) in [5.74, 6) is 2.54. The summed E-state index contributed by atoms with van der Waals surface area (Å²) in [6.45, 7) is 5.83. The van der Waals surface area contributed by atoms with Gasteiger partial charge in [-0.3, -0.25) is 0 Å². The molecule has 0 saturated heterocycles. The number of benzene rings is 3. The van der Waals surface area contributed by atoms with E-state index in [-0.39, 0.29) is 5.60 Å². The zero-order valence-corrected chi connectivity index (χ0v) is 20.2. The van der Waals surface area contributed by atoms with Crippen LogP contribution in [0.15, 0.2) is 72.8 Å². The molecule has 33 heavy (non-hydrogen) atoms. The summed E-state index contributed by atoms with van der Waals surface area (Å²) >= 11 is 0. The molecule has 4 nitrogen and oxygen atoms in total. The highest BCUT2D eigenvalue weighted by Gasteiger charge is 2.32. The molecule has 0 unspecified atom stereocenters. The molecule has 3 aromatic rings. The molecule has 0 aromatic heterocycles. The van der Waals surface area contributed by atoms with E-state index < -0.39 is 0 Å². The molecule has 4 rings (SSSR count). The van der Waals surface area contributed by atoms with Crippen molar-refractivity contribution in [3.8, 4) is 17.2 Å². The monoisotopic (exact) mass is 443 g/mol. The summed E-state index contributed by atoms with van der Waals surface area (Å²) in [7, 11) is 5.78. The highest BCUT2D eigenvalue weighted by molar-refractivity contribution is 6.00. The molecule has 0 atom stereocenters. The zero-order chi connectivity index (χ0) is 23.4. The van der Waals surface area contributed by atoms with E-state index in [4.69, 9.17) is 14.2 Å². The lowest BCUT2D eigenvalue weighted by Gasteiger charge is -2.36. The molecule has 0 radical (unpaired) electrons. The second kappa shape index (κ2) is 9.72. The van der Waals surface area contributed by atoms with Gasteiger partial charge in [0.15, 0.2) is 0 Å². The Morgan fingerprint density at radius 3 is 2.24 bits per heavy atom. The molecule has 0 amide bonds. The minimum absolute atomic E-state index is 0.329. The van der Waals surface area contributed by atoms with Crippen LogP contribution in [0.5, 0.6) is 17.2 Å². The van der Waals surface area contributed by atoms with E-state index in [0.717, 1.165) is 41.3 Å². The number of methoxy groups -OCH3 is 1. The summed E-state index contributed by atoms with van der Waals surface area (Å²) < 4.78 is 17.7. The van der Waals surface area contributed by atoms with Gasteiger partial charge in [-0.15, -0.1) is 0 Å². The quantitative estimate of drug-likeness (QED) is 0.438. The Labute approximate surface area is 197 Å². The SMILES string of the molecule is COc1ccc2c(c1)OC(C)(C)C/C2=C(\c1ccccc1)c1ccc(OCCN(C)C)cc1. The number of fused-ring (bicyclic) bond motifs is 1. The van der Waals surface area contributed by atoms with Gasteiger partial charge in [-0.2, -0.15) is 0 Å². The first-order valence-electron chi connectivity index (χ1n) is 11.4. The number of likely N-dealkylation sites (N-methyl/N-ethyl adjacent to an activating group) is 1. The number of rotatable bonds is 7. The highest BCUT2D eigenvalue weighted by atomic mass is 16.5. The molecule has 1 aliphatic heterocycles. The number of hydrogen-bond donors (Lipinski definition) is 0. The van der Waals surface area contributed by atoms with Crippen LogP contribution in [0.2, 0.25) is 0 Å². The summed E-state index contributed by atoms with van der Waals surface area (Å²) in [5.41, 5.74) is 5.63. The molecule has 0 aliphatic carbocycles. The minimum Gasteiger partial charge on any atom is -0.497 e. The Kier molecular flexibility index (Phi) is 6.75. The second-order valence-electron chi connectivity index (χ2n) is 9.30. The van der Waals surface area contributed by atoms with Gasteiger partial charge >= 0.3 is 0 Å². The fourth-order valence-corrected chi connectivity index (χ4v) is 4.22. The van der Waals surface area contributed by atoms with Crippen LogP contribution < -0.4 is 14.2 Å². The lowest BCUT2D eigenvalue weighted by atomic mass is 9.82. The number of nitrogens with zero attached hydrogens (tertiary/aromatic N) is 1. The van der Waals surface area contributed by atoms with Gasteiger partial charge < -0.3 is 19.1 Å². The predicted octanol–water partition coefficient (Wildman–Crippen LogP) is 6.16. The predicted molar refractivity (Wildman–Crippen MR) is 135 cm³/mol. The van der Waals surface area contributed by atoms with Crippen LogP contribution in [-0.4, -0.2) is 44.9 Å². The van der Waals surface area contributed by atoms with Crippen LogP contribution in [0, 0.1) is 0 Å². The fraction of sp³-hybridized carbons (Fsp3) is 0.310. The summed E-state index contributed by atoms with van der Waals surface area (Å²) in [4.78, 5) is 2.12. The Balaban J connectivity index is 1.82. The van der Waals surface area contributed by atoms with Gasteiger partial charge in [-0.05, 0) is 74.5 Å². The molecule has 1 heterocycles. The molecule has 0 fully saturated rings. The van der Waals surface area contributed by atoms with Crippen molar-refractivity contribution in [2.45, 2.75) is 25.9 Å². The van der Waals surface area contributed by atoms with Crippen molar-refractivity contribution in [3.05, 3.63) is 89.5 Å². The summed E-state index contributed by atoms with van der Waals surface area (Å²) in [6, 6.07) is 25.1. The average molecular weight is 444 g/mol. The van der Waals surface area contributed by atoms with Crippen molar-refractivity contribution in [2.75, 3.05) is 34.4 Å². The molecule has 0 N–H and O–H groups in total.